The van der Waals surface area contributed by atoms with Gasteiger partial charge in [0.05, 0.1) is 54.8 Å². The number of nitrogens with two attached hydrogens (primary N) is 3. The van der Waals surface area contributed by atoms with Gasteiger partial charge in [-0.2, -0.15) is 0 Å². The average Bonchev–Trinajstić information content (AvgIpc) is 2.72. The highest BCUT2D eigenvalue weighted by Gasteiger charge is 2.20. The van der Waals surface area contributed by atoms with Crippen LogP contribution in [0.5, 0.6) is 17.2 Å². The van der Waals surface area contributed by atoms with E-state index in [-0.39, 0.29) is 0 Å². The molecule has 0 spiro atoms. The number of fused-ring (bicyclic) bond motifs is 2. The van der Waals surface area contributed by atoms with Gasteiger partial charge in [-0.15, -0.1) is 0 Å². The Morgan fingerprint density at radius 2 is 1.41 bits per heavy atom. The summed E-state index contributed by atoms with van der Waals surface area (Å²) < 4.78 is 16.4. The molecule has 0 fully saturated rings. The van der Waals surface area contributed by atoms with Crippen LogP contribution >= 0.6 is 0 Å². The molecule has 0 aliphatic rings. The second kappa shape index (κ2) is 6.90. The zero-order valence-corrected chi connectivity index (χ0v) is 16.3. The number of rotatable bonds is 4. The van der Waals surface area contributed by atoms with Crippen molar-refractivity contribution in [1.82, 2.24) is 9.97 Å². The van der Waals surface area contributed by atoms with Crippen LogP contribution in [0, 0.1) is 0 Å². The molecule has 0 aliphatic carbocycles. The molecule has 3 aromatic carbocycles. The first kappa shape index (κ1) is 18.4. The highest BCUT2D eigenvalue weighted by atomic mass is 16.5. The van der Waals surface area contributed by atoms with E-state index in [2.05, 4.69) is 4.98 Å². The van der Waals surface area contributed by atoms with Gasteiger partial charge < -0.3 is 31.4 Å². The first-order valence-corrected chi connectivity index (χ1v) is 8.82. The minimum atomic E-state index is 0.399. The normalized spacial score (nSPS) is 11.0. The lowest BCUT2D eigenvalue weighted by molar-refractivity contribution is 0.324. The lowest BCUT2D eigenvalue weighted by Crippen LogP contribution is -2.02. The van der Waals surface area contributed by atoms with Gasteiger partial charge in [0.25, 0.3) is 0 Å². The Hall–Kier alpha value is -3.94. The molecule has 29 heavy (non-hydrogen) atoms. The summed E-state index contributed by atoms with van der Waals surface area (Å²) in [5.74, 6) is 1.48. The van der Waals surface area contributed by atoms with Crippen LogP contribution in [0.1, 0.15) is 0 Å². The number of nitrogen functional groups attached to an aromatic ring is 3. The molecule has 0 aliphatic heterocycles. The van der Waals surface area contributed by atoms with Crippen molar-refractivity contribution in [3.8, 4) is 28.4 Å². The van der Waals surface area contributed by atoms with Crippen molar-refractivity contribution in [1.29, 1.82) is 0 Å². The summed E-state index contributed by atoms with van der Waals surface area (Å²) in [5, 5.41) is 0. The van der Waals surface area contributed by atoms with Crippen LogP contribution in [-0.2, 0) is 0 Å². The molecule has 0 atom stereocenters. The van der Waals surface area contributed by atoms with E-state index in [1.54, 1.807) is 51.7 Å². The Morgan fingerprint density at radius 3 is 2.03 bits per heavy atom. The van der Waals surface area contributed by atoms with Gasteiger partial charge in [0.15, 0.2) is 11.5 Å². The van der Waals surface area contributed by atoms with Crippen molar-refractivity contribution in [2.24, 2.45) is 0 Å². The molecule has 0 radical (unpaired) electrons. The number of methoxy groups -OCH3 is 3. The van der Waals surface area contributed by atoms with Crippen molar-refractivity contribution in [3.05, 3.63) is 36.4 Å². The molecule has 8 nitrogen and oxygen atoms in total. The van der Waals surface area contributed by atoms with Crippen molar-refractivity contribution in [2.45, 2.75) is 0 Å². The fourth-order valence-electron chi connectivity index (χ4n) is 3.38. The van der Waals surface area contributed by atoms with Crippen molar-refractivity contribution < 1.29 is 14.2 Å². The molecule has 4 aromatic rings. The zero-order chi connectivity index (χ0) is 20.7. The standard InChI is InChI=1S/C21H21N5O3/c1-27-16-6-10(7-17(28-2)21(16)29-3)18-19(24)12(23)9-15-20(18)26-13-5-4-11(22)8-14(13)25-15/h4-9H,22-24H2,1-3H3. The molecule has 0 saturated carbocycles. The number of nitrogens with zero attached hydrogens (tertiary/aromatic N) is 2. The van der Waals surface area contributed by atoms with Crippen LogP contribution in [0.3, 0.4) is 0 Å². The smallest absolute Gasteiger partial charge is 0.203 e. The van der Waals surface area contributed by atoms with Crippen LogP contribution in [0.15, 0.2) is 36.4 Å². The van der Waals surface area contributed by atoms with Crippen LogP contribution in [0.4, 0.5) is 17.1 Å². The van der Waals surface area contributed by atoms with Crippen LogP contribution in [0.25, 0.3) is 33.2 Å². The third kappa shape index (κ3) is 2.94. The Kier molecular flexibility index (Phi) is 4.38. The zero-order valence-electron chi connectivity index (χ0n) is 16.3. The second-order valence-corrected chi connectivity index (χ2v) is 6.51. The quantitative estimate of drug-likeness (QED) is 0.357. The monoisotopic (exact) mass is 391 g/mol. The number of ether oxygens (including phenoxy) is 3. The lowest BCUT2D eigenvalue weighted by Gasteiger charge is -2.17. The van der Waals surface area contributed by atoms with Gasteiger partial charge >= 0.3 is 0 Å². The Bertz CT molecular complexity index is 1230. The van der Waals surface area contributed by atoms with Gasteiger partial charge in [-0.05, 0) is 42.0 Å². The van der Waals surface area contributed by atoms with Crippen molar-refractivity contribution in [2.75, 3.05) is 38.5 Å². The third-order valence-electron chi connectivity index (χ3n) is 4.78. The Morgan fingerprint density at radius 1 is 0.724 bits per heavy atom. The largest absolute Gasteiger partial charge is 0.493 e. The number of aromatic nitrogens is 2. The molecule has 1 aromatic heterocycles. The maximum absolute atomic E-state index is 6.38. The van der Waals surface area contributed by atoms with Crippen LogP contribution < -0.4 is 31.4 Å². The van der Waals surface area contributed by atoms with Crippen LogP contribution in [-0.4, -0.2) is 31.3 Å². The van der Waals surface area contributed by atoms with E-state index in [0.29, 0.717) is 61.9 Å². The van der Waals surface area contributed by atoms with Crippen LogP contribution in [0.2, 0.25) is 0 Å². The maximum Gasteiger partial charge on any atom is 0.203 e. The molecular weight excluding hydrogens is 370 g/mol. The Balaban J connectivity index is 2.10. The van der Waals surface area contributed by atoms with E-state index < -0.39 is 0 Å². The van der Waals surface area contributed by atoms with Crippen molar-refractivity contribution >= 4 is 39.1 Å². The average molecular weight is 391 g/mol. The van der Waals surface area contributed by atoms with Gasteiger partial charge in [0.1, 0.15) is 0 Å². The first-order chi connectivity index (χ1) is 14.0. The summed E-state index contributed by atoms with van der Waals surface area (Å²) in [6, 6.07) is 10.7. The molecule has 6 N–H and O–H groups in total. The van der Waals surface area contributed by atoms with Gasteiger partial charge in [0.2, 0.25) is 5.75 Å². The van der Waals surface area contributed by atoms with E-state index in [1.807, 2.05) is 6.07 Å². The van der Waals surface area contributed by atoms with Gasteiger partial charge in [-0.25, -0.2) is 9.97 Å². The molecule has 0 unspecified atom stereocenters. The Labute approximate surface area is 167 Å². The number of hydrogen-bond donors (Lipinski definition) is 3. The number of benzene rings is 3. The molecule has 0 saturated heterocycles. The maximum atomic E-state index is 6.38. The molecule has 0 bridgehead atoms. The summed E-state index contributed by atoms with van der Waals surface area (Å²) in [6.45, 7) is 0. The van der Waals surface area contributed by atoms with Gasteiger partial charge in [0, 0.05) is 11.3 Å². The molecule has 1 heterocycles. The van der Waals surface area contributed by atoms with Crippen molar-refractivity contribution in [3.63, 3.8) is 0 Å². The fraction of sp³-hybridized carbons (Fsp3) is 0.143. The third-order valence-corrected chi connectivity index (χ3v) is 4.78. The summed E-state index contributed by atoms with van der Waals surface area (Å²) >= 11 is 0. The fourth-order valence-corrected chi connectivity index (χ4v) is 3.38. The topological polar surface area (TPSA) is 132 Å². The second-order valence-electron chi connectivity index (χ2n) is 6.51. The van der Waals surface area contributed by atoms with E-state index in [0.717, 1.165) is 5.56 Å². The summed E-state index contributed by atoms with van der Waals surface area (Å²) in [7, 11) is 4.66. The van der Waals surface area contributed by atoms with E-state index >= 15 is 0 Å². The molecule has 8 heteroatoms. The molecule has 4 rings (SSSR count). The predicted octanol–water partition coefficient (Wildman–Crippen LogP) is 3.22. The lowest BCUT2D eigenvalue weighted by atomic mass is 9.99. The molecule has 148 valence electrons. The predicted molar refractivity (Wildman–Crippen MR) is 115 cm³/mol. The SMILES string of the molecule is COc1cc(-c2c(N)c(N)cc3nc4cc(N)ccc4nc23)cc(OC)c1OC. The molecule has 0 amide bonds. The number of hydrogen-bond acceptors (Lipinski definition) is 8. The van der Waals surface area contributed by atoms with E-state index in [1.165, 1.54) is 0 Å². The minimum Gasteiger partial charge on any atom is -0.493 e. The summed E-state index contributed by atoms with van der Waals surface area (Å²) in [4.78, 5) is 9.46. The summed E-state index contributed by atoms with van der Waals surface area (Å²) in [6.07, 6.45) is 0. The highest BCUT2D eigenvalue weighted by Crippen LogP contribution is 2.45. The summed E-state index contributed by atoms with van der Waals surface area (Å²) in [5.41, 5.74) is 23.8. The molecular formula is C21H21N5O3. The van der Waals surface area contributed by atoms with Gasteiger partial charge in [-0.1, -0.05) is 0 Å². The minimum absolute atomic E-state index is 0.399. The van der Waals surface area contributed by atoms with Gasteiger partial charge in [-0.3, -0.25) is 0 Å². The highest BCUT2D eigenvalue weighted by molar-refractivity contribution is 6.05. The first-order valence-electron chi connectivity index (χ1n) is 8.82. The van der Waals surface area contributed by atoms with E-state index in [4.69, 9.17) is 36.4 Å². The van der Waals surface area contributed by atoms with E-state index in [9.17, 15) is 0 Å². The number of anilines is 3.